The molecule has 0 spiro atoms. The number of carbonyl (C=O) groups excluding carboxylic acids is 1. The SMILES string of the molecule is C=C1C(n2ccnn2)=CNN1c1cc(N2CCC(C(=O)OC)CC2)ncn1. The average Bonchev–Trinajstić information content (AvgIpc) is 3.37. The monoisotopic (exact) mass is 368 g/mol. The molecule has 10 nitrogen and oxygen atoms in total. The van der Waals surface area contributed by atoms with Crippen LogP contribution in [-0.4, -0.2) is 51.1 Å². The molecule has 1 fully saturated rings. The van der Waals surface area contributed by atoms with E-state index in [4.69, 9.17) is 4.74 Å². The topological polar surface area (TPSA) is 101 Å². The molecule has 4 rings (SSSR count). The van der Waals surface area contributed by atoms with E-state index in [1.165, 1.54) is 13.4 Å². The lowest BCUT2D eigenvalue weighted by molar-refractivity contribution is -0.146. The minimum Gasteiger partial charge on any atom is -0.469 e. The van der Waals surface area contributed by atoms with Crippen molar-refractivity contribution < 1.29 is 9.53 Å². The molecule has 0 unspecified atom stereocenters. The molecule has 0 aromatic carbocycles. The fourth-order valence-corrected chi connectivity index (χ4v) is 3.28. The van der Waals surface area contributed by atoms with Crippen molar-refractivity contribution in [3.05, 3.63) is 43.3 Å². The van der Waals surface area contributed by atoms with E-state index in [1.54, 1.807) is 28.3 Å². The molecular formula is C17H20N8O2. The molecule has 10 heteroatoms. The molecule has 1 N–H and O–H groups in total. The van der Waals surface area contributed by atoms with Gasteiger partial charge in [0.1, 0.15) is 17.8 Å². The number of carbonyl (C=O) groups is 1. The fraction of sp³-hybridized carbons (Fsp3) is 0.353. The van der Waals surface area contributed by atoms with Gasteiger partial charge in [-0.1, -0.05) is 11.8 Å². The Morgan fingerprint density at radius 3 is 2.78 bits per heavy atom. The molecule has 4 heterocycles. The molecule has 0 bridgehead atoms. The van der Waals surface area contributed by atoms with Crippen LogP contribution in [0.3, 0.4) is 0 Å². The quantitative estimate of drug-likeness (QED) is 0.785. The number of anilines is 2. The maximum Gasteiger partial charge on any atom is 0.308 e. The lowest BCUT2D eigenvalue weighted by Gasteiger charge is -2.32. The standard InChI is InChI=1S/C17H20N8O2/c1-12-14(24-8-5-20-22-24)10-21-25(12)16-9-15(18-11-19-16)23-6-3-13(4-7-23)17(26)27-2/h5,8-11,13,21H,1,3-4,6-7H2,2H3. The maximum absolute atomic E-state index is 11.7. The van der Waals surface area contributed by atoms with Crippen LogP contribution in [0.25, 0.3) is 5.70 Å². The van der Waals surface area contributed by atoms with Crippen molar-refractivity contribution in [3.63, 3.8) is 0 Å². The number of rotatable bonds is 4. The second-order valence-electron chi connectivity index (χ2n) is 6.31. The molecule has 0 saturated carbocycles. The van der Waals surface area contributed by atoms with Crippen LogP contribution in [0.15, 0.2) is 43.3 Å². The maximum atomic E-state index is 11.7. The van der Waals surface area contributed by atoms with Gasteiger partial charge in [0, 0.05) is 25.4 Å². The highest BCUT2D eigenvalue weighted by Crippen LogP contribution is 2.29. The molecule has 140 valence electrons. The molecule has 0 aliphatic carbocycles. The number of aromatic nitrogens is 5. The number of nitrogens with one attached hydrogen (secondary N) is 1. The van der Waals surface area contributed by atoms with E-state index in [0.29, 0.717) is 11.5 Å². The highest BCUT2D eigenvalue weighted by molar-refractivity contribution is 5.74. The van der Waals surface area contributed by atoms with Crippen LogP contribution >= 0.6 is 0 Å². The third kappa shape index (κ3) is 3.21. The number of hydrogen-bond donors (Lipinski definition) is 1. The number of esters is 1. The Labute approximate surface area is 156 Å². The molecule has 0 amide bonds. The first-order valence-corrected chi connectivity index (χ1v) is 8.64. The van der Waals surface area contributed by atoms with Gasteiger partial charge >= 0.3 is 5.97 Å². The summed E-state index contributed by atoms with van der Waals surface area (Å²) in [6.07, 6.45) is 8.17. The summed E-state index contributed by atoms with van der Waals surface area (Å²) in [5.41, 5.74) is 4.62. The molecule has 2 aliphatic heterocycles. The summed E-state index contributed by atoms with van der Waals surface area (Å²) in [7, 11) is 1.43. The van der Waals surface area contributed by atoms with Crippen molar-refractivity contribution in [2.75, 3.05) is 30.1 Å². The summed E-state index contributed by atoms with van der Waals surface area (Å²) in [6, 6.07) is 1.90. The van der Waals surface area contributed by atoms with E-state index in [0.717, 1.165) is 37.4 Å². The Balaban J connectivity index is 1.46. The predicted octanol–water partition coefficient (Wildman–Crippen LogP) is 0.794. The second kappa shape index (κ2) is 7.06. The largest absolute Gasteiger partial charge is 0.469 e. The Bertz CT molecular complexity index is 871. The molecule has 0 atom stereocenters. The van der Waals surface area contributed by atoms with Gasteiger partial charge < -0.3 is 9.64 Å². The van der Waals surface area contributed by atoms with E-state index in [1.807, 2.05) is 6.07 Å². The van der Waals surface area contributed by atoms with Crippen molar-refractivity contribution in [1.82, 2.24) is 30.4 Å². The van der Waals surface area contributed by atoms with Crippen LogP contribution in [0.5, 0.6) is 0 Å². The number of hydrogen-bond acceptors (Lipinski definition) is 9. The Kier molecular flexibility index (Phi) is 4.45. The van der Waals surface area contributed by atoms with Gasteiger partial charge in [0.25, 0.3) is 0 Å². The van der Waals surface area contributed by atoms with Gasteiger partial charge in [-0.25, -0.2) is 19.7 Å². The van der Waals surface area contributed by atoms with Gasteiger partial charge in [-0.3, -0.25) is 10.2 Å². The summed E-state index contributed by atoms with van der Waals surface area (Å²) in [6.45, 7) is 5.60. The number of allylic oxidation sites excluding steroid dienone is 1. The number of methoxy groups -OCH3 is 1. The highest BCUT2D eigenvalue weighted by Gasteiger charge is 2.27. The third-order valence-electron chi connectivity index (χ3n) is 4.79. The van der Waals surface area contributed by atoms with E-state index in [2.05, 4.69) is 37.2 Å². The van der Waals surface area contributed by atoms with E-state index < -0.39 is 0 Å². The number of piperidine rings is 1. The molecule has 2 aromatic heterocycles. The molecule has 2 aromatic rings. The molecule has 27 heavy (non-hydrogen) atoms. The minimum absolute atomic E-state index is 0.0398. The van der Waals surface area contributed by atoms with Crippen LogP contribution in [0.4, 0.5) is 11.6 Å². The van der Waals surface area contributed by atoms with E-state index in [-0.39, 0.29) is 11.9 Å². The van der Waals surface area contributed by atoms with Gasteiger partial charge in [-0.05, 0) is 12.8 Å². The van der Waals surface area contributed by atoms with Crippen molar-refractivity contribution in [1.29, 1.82) is 0 Å². The van der Waals surface area contributed by atoms with Crippen LogP contribution in [0, 0.1) is 5.92 Å². The predicted molar refractivity (Wildman–Crippen MR) is 98.0 cm³/mol. The van der Waals surface area contributed by atoms with Crippen LogP contribution < -0.4 is 15.3 Å². The lowest BCUT2D eigenvalue weighted by Crippen LogP contribution is -2.37. The zero-order valence-corrected chi connectivity index (χ0v) is 14.9. The summed E-state index contributed by atoms with van der Waals surface area (Å²) in [5, 5.41) is 9.57. The first kappa shape index (κ1) is 17.0. The summed E-state index contributed by atoms with van der Waals surface area (Å²) < 4.78 is 6.48. The minimum atomic E-state index is -0.137. The molecular weight excluding hydrogens is 348 g/mol. The van der Waals surface area contributed by atoms with Gasteiger partial charge in [0.2, 0.25) is 0 Å². The smallest absolute Gasteiger partial charge is 0.308 e. The van der Waals surface area contributed by atoms with Crippen LogP contribution in [0.1, 0.15) is 12.8 Å². The van der Waals surface area contributed by atoms with Gasteiger partial charge in [0.15, 0.2) is 5.82 Å². The number of ether oxygens (including phenoxy) is 1. The summed E-state index contributed by atoms with van der Waals surface area (Å²) in [4.78, 5) is 22.6. The zero-order valence-electron chi connectivity index (χ0n) is 14.9. The van der Waals surface area contributed by atoms with Crippen molar-refractivity contribution in [2.24, 2.45) is 5.92 Å². The Morgan fingerprint density at radius 1 is 1.30 bits per heavy atom. The number of nitrogens with zero attached hydrogens (tertiary/aromatic N) is 7. The van der Waals surface area contributed by atoms with Crippen molar-refractivity contribution in [2.45, 2.75) is 12.8 Å². The molecule has 2 aliphatic rings. The Hall–Kier alpha value is -3.43. The lowest BCUT2D eigenvalue weighted by atomic mass is 9.97. The first-order chi connectivity index (χ1) is 13.2. The second-order valence-corrected chi connectivity index (χ2v) is 6.31. The van der Waals surface area contributed by atoms with Gasteiger partial charge in [0.05, 0.1) is 31.1 Å². The van der Waals surface area contributed by atoms with E-state index >= 15 is 0 Å². The summed E-state index contributed by atoms with van der Waals surface area (Å²) in [5.74, 6) is 1.31. The van der Waals surface area contributed by atoms with Crippen LogP contribution in [-0.2, 0) is 9.53 Å². The normalized spacial score (nSPS) is 17.7. The average molecular weight is 368 g/mol. The highest BCUT2D eigenvalue weighted by atomic mass is 16.5. The molecule has 1 saturated heterocycles. The first-order valence-electron chi connectivity index (χ1n) is 8.64. The number of hydrazine groups is 1. The zero-order chi connectivity index (χ0) is 18.8. The van der Waals surface area contributed by atoms with Crippen LogP contribution in [0.2, 0.25) is 0 Å². The van der Waals surface area contributed by atoms with Crippen molar-refractivity contribution >= 4 is 23.3 Å². The fourth-order valence-electron chi connectivity index (χ4n) is 3.28. The third-order valence-corrected chi connectivity index (χ3v) is 4.79. The summed E-state index contributed by atoms with van der Waals surface area (Å²) >= 11 is 0. The van der Waals surface area contributed by atoms with E-state index in [9.17, 15) is 4.79 Å². The van der Waals surface area contributed by atoms with Crippen molar-refractivity contribution in [3.8, 4) is 0 Å². The Morgan fingerprint density at radius 2 is 2.07 bits per heavy atom. The molecule has 0 radical (unpaired) electrons. The van der Waals surface area contributed by atoms with Gasteiger partial charge in [-0.2, -0.15) is 0 Å². The van der Waals surface area contributed by atoms with Gasteiger partial charge in [-0.15, -0.1) is 5.10 Å².